The van der Waals surface area contributed by atoms with Crippen LogP contribution in [0.5, 0.6) is 0 Å². The Morgan fingerprint density at radius 3 is 1.49 bits per heavy atom. The first-order valence-corrected chi connectivity index (χ1v) is 14.6. The highest BCUT2D eigenvalue weighted by molar-refractivity contribution is 6.37. The second-order valence-corrected chi connectivity index (χ2v) is 10.1. The van der Waals surface area contributed by atoms with E-state index in [2.05, 4.69) is 15.6 Å². The summed E-state index contributed by atoms with van der Waals surface area (Å²) >= 11 is 0. The molecule has 0 aromatic rings. The third kappa shape index (κ3) is 24.2. The number of hydrogen-bond donors (Lipinski definition) is 6. The Morgan fingerprint density at radius 2 is 1.05 bits per heavy atom. The van der Waals surface area contributed by atoms with Gasteiger partial charge in [0.1, 0.15) is 18.3 Å². The fourth-order valence-electron chi connectivity index (χ4n) is 4.02. The van der Waals surface area contributed by atoms with Gasteiger partial charge in [0.2, 0.25) is 17.7 Å². The summed E-state index contributed by atoms with van der Waals surface area (Å²) in [5, 5.41) is 30.9. The Labute approximate surface area is 241 Å². The number of nitrogens with one attached hydrogen (secondary N) is 2. The molecule has 0 spiro atoms. The predicted molar refractivity (Wildman–Crippen MR) is 152 cm³/mol. The van der Waals surface area contributed by atoms with Gasteiger partial charge in [-0.05, 0) is 12.8 Å². The largest absolute Gasteiger partial charge is 0.481 e. The number of carboxylic acid groups (broad SMARTS) is 3. The molecule has 0 fully saturated rings. The Morgan fingerprint density at radius 1 is 0.585 bits per heavy atom. The lowest BCUT2D eigenvalue weighted by Gasteiger charge is -2.12. The lowest BCUT2D eigenvalue weighted by molar-refractivity contribution is -0.138. The van der Waals surface area contributed by atoms with E-state index in [4.69, 9.17) is 15.9 Å². The van der Waals surface area contributed by atoms with Crippen LogP contribution in [0.4, 0.5) is 0 Å². The Hall–Kier alpha value is -3.35. The normalized spacial score (nSPS) is 12.0. The van der Waals surface area contributed by atoms with Crippen molar-refractivity contribution in [2.75, 3.05) is 13.1 Å². The Balaban J connectivity index is 3.91. The highest BCUT2D eigenvalue weighted by Gasteiger charge is 2.17. The fourth-order valence-corrected chi connectivity index (χ4v) is 4.02. The van der Waals surface area contributed by atoms with Crippen molar-refractivity contribution in [2.45, 2.75) is 122 Å². The summed E-state index contributed by atoms with van der Waals surface area (Å²) in [6.45, 7) is -0.864. The van der Waals surface area contributed by atoms with Gasteiger partial charge in [-0.2, -0.15) is 0 Å². The highest BCUT2D eigenvalue weighted by Crippen LogP contribution is 2.14. The third-order valence-electron chi connectivity index (χ3n) is 6.40. The number of carboxylic acids is 3. The van der Waals surface area contributed by atoms with Gasteiger partial charge in [0.05, 0.1) is 0 Å². The average molecular weight is 585 g/mol. The molecule has 0 unspecified atom stereocenters. The Kier molecular flexibility index (Phi) is 22.4. The standard InChI is InChI=1S/C28H48N4O9/c29-21(27(39)31-20-26(37)38)19-30-23(33)18-17-22(28(40)41)32-24(34)15-13-11-9-7-5-3-1-2-4-6-8-10-12-14-16-25(35)36/h21H,1-20,29H2,(H,30,33)(H,31,39)(H,35,36)(H,37,38)(H,40,41)/t21-/m0/s1. The van der Waals surface area contributed by atoms with E-state index in [9.17, 15) is 33.9 Å². The molecule has 0 rings (SSSR count). The number of rotatable bonds is 26. The van der Waals surface area contributed by atoms with Crippen molar-refractivity contribution in [3.05, 3.63) is 0 Å². The molecule has 0 heterocycles. The summed E-state index contributed by atoms with van der Waals surface area (Å²) in [4.78, 5) is 71.6. The summed E-state index contributed by atoms with van der Waals surface area (Å²) in [6, 6.07) is -1.17. The fraction of sp³-hybridized carbons (Fsp3) is 0.750. The van der Waals surface area contributed by atoms with Crippen LogP contribution in [-0.2, 0) is 28.8 Å². The van der Waals surface area contributed by atoms with Crippen LogP contribution >= 0.6 is 0 Å². The first-order chi connectivity index (χ1) is 19.5. The van der Waals surface area contributed by atoms with Gasteiger partial charge in [0.25, 0.3) is 0 Å². The first kappa shape index (κ1) is 37.6. The van der Waals surface area contributed by atoms with Gasteiger partial charge in [-0.15, -0.1) is 0 Å². The average Bonchev–Trinajstić information content (AvgIpc) is 2.91. The van der Waals surface area contributed by atoms with E-state index in [1.807, 2.05) is 0 Å². The third-order valence-corrected chi connectivity index (χ3v) is 6.40. The highest BCUT2D eigenvalue weighted by atomic mass is 16.4. The van der Waals surface area contributed by atoms with Crippen LogP contribution in [0.1, 0.15) is 116 Å². The molecular weight excluding hydrogens is 536 g/mol. The second-order valence-electron chi connectivity index (χ2n) is 10.1. The minimum atomic E-state index is -1.38. The van der Waals surface area contributed by atoms with Gasteiger partial charge < -0.3 is 31.7 Å². The summed E-state index contributed by atoms with van der Waals surface area (Å²) in [5.41, 5.74) is 5.15. The van der Waals surface area contributed by atoms with Gasteiger partial charge in [0, 0.05) is 32.2 Å². The lowest BCUT2D eigenvalue weighted by Crippen LogP contribution is -2.49. The van der Waals surface area contributed by atoms with Gasteiger partial charge in [-0.1, -0.05) is 77.0 Å². The number of amides is 3. The van der Waals surface area contributed by atoms with Crippen molar-refractivity contribution >= 4 is 41.3 Å². The predicted octanol–water partition coefficient (Wildman–Crippen LogP) is 2.79. The molecule has 1 atom stereocenters. The van der Waals surface area contributed by atoms with E-state index in [-0.39, 0.29) is 32.2 Å². The minimum Gasteiger partial charge on any atom is -0.481 e. The number of aliphatic carboxylic acids is 3. The van der Waals surface area contributed by atoms with Crippen molar-refractivity contribution in [3.63, 3.8) is 0 Å². The van der Waals surface area contributed by atoms with E-state index in [0.717, 1.165) is 44.9 Å². The number of aliphatic imine (C=N–C) groups is 1. The topological polar surface area (TPSA) is 226 Å². The number of unbranched alkanes of at least 4 members (excludes halogenated alkanes) is 13. The number of nitrogens with zero attached hydrogens (tertiary/aromatic N) is 1. The maximum absolute atomic E-state index is 12.1. The molecule has 13 nitrogen and oxygen atoms in total. The zero-order valence-electron chi connectivity index (χ0n) is 24.0. The minimum absolute atomic E-state index is 0.138. The molecule has 7 N–H and O–H groups in total. The van der Waals surface area contributed by atoms with Crippen LogP contribution in [0.2, 0.25) is 0 Å². The molecule has 0 bridgehead atoms. The number of hydrogen-bond acceptors (Lipinski definition) is 7. The second kappa shape index (κ2) is 24.4. The molecule has 0 saturated carbocycles. The summed E-state index contributed by atoms with van der Waals surface area (Å²) in [5.74, 6) is -5.22. The monoisotopic (exact) mass is 584 g/mol. The van der Waals surface area contributed by atoms with Crippen LogP contribution in [0.15, 0.2) is 4.99 Å². The number of carbonyl (C=O) groups is 6. The van der Waals surface area contributed by atoms with Crippen LogP contribution in [0.3, 0.4) is 0 Å². The van der Waals surface area contributed by atoms with Crippen molar-refractivity contribution < 1.29 is 44.1 Å². The molecule has 234 valence electrons. The molecule has 0 aromatic carbocycles. The lowest BCUT2D eigenvalue weighted by atomic mass is 10.0. The maximum Gasteiger partial charge on any atom is 0.350 e. The molecular formula is C28H48N4O9. The van der Waals surface area contributed by atoms with Crippen LogP contribution < -0.4 is 16.4 Å². The van der Waals surface area contributed by atoms with Crippen molar-refractivity contribution in [1.82, 2.24) is 10.6 Å². The van der Waals surface area contributed by atoms with E-state index in [0.29, 0.717) is 6.42 Å². The van der Waals surface area contributed by atoms with Crippen molar-refractivity contribution in [1.29, 1.82) is 0 Å². The maximum atomic E-state index is 12.1. The van der Waals surface area contributed by atoms with Crippen LogP contribution in [0.25, 0.3) is 0 Å². The van der Waals surface area contributed by atoms with E-state index >= 15 is 0 Å². The molecule has 13 heteroatoms. The summed E-state index contributed by atoms with van der Waals surface area (Å²) in [7, 11) is 0. The first-order valence-electron chi connectivity index (χ1n) is 14.6. The molecule has 0 saturated heterocycles. The molecule has 0 aliphatic heterocycles. The van der Waals surface area contributed by atoms with Gasteiger partial charge >= 0.3 is 17.9 Å². The van der Waals surface area contributed by atoms with Crippen LogP contribution in [0, 0.1) is 0 Å². The van der Waals surface area contributed by atoms with E-state index < -0.39 is 53.9 Å². The summed E-state index contributed by atoms with van der Waals surface area (Å²) < 4.78 is 0. The van der Waals surface area contributed by atoms with Crippen molar-refractivity contribution in [2.24, 2.45) is 10.7 Å². The smallest absolute Gasteiger partial charge is 0.350 e. The number of nitrogens with two attached hydrogens (primary N) is 1. The SMILES string of the molecule is N[C@@H](CNC(=O)CCC(=NC(=O)CCCCCCCCCCCCCCCCC(=O)O)C(=O)O)C(=O)NCC(=O)O. The molecule has 0 aliphatic carbocycles. The van der Waals surface area contributed by atoms with Crippen LogP contribution in [-0.4, -0.2) is 75.8 Å². The van der Waals surface area contributed by atoms with Crippen molar-refractivity contribution in [3.8, 4) is 0 Å². The molecule has 0 radical (unpaired) electrons. The summed E-state index contributed by atoms with van der Waals surface area (Å²) in [6.07, 6.45) is 14.6. The molecule has 0 aromatic heterocycles. The zero-order valence-corrected chi connectivity index (χ0v) is 24.0. The number of carbonyl (C=O) groups excluding carboxylic acids is 3. The van der Waals surface area contributed by atoms with Gasteiger partial charge in [-0.25, -0.2) is 9.79 Å². The Bertz CT molecular complexity index is 862. The quantitative estimate of drug-likeness (QED) is 0.0643. The molecule has 3 amide bonds. The van der Waals surface area contributed by atoms with Gasteiger partial charge in [0.15, 0.2) is 0 Å². The van der Waals surface area contributed by atoms with E-state index in [1.54, 1.807) is 0 Å². The van der Waals surface area contributed by atoms with Gasteiger partial charge in [-0.3, -0.25) is 24.0 Å². The zero-order chi connectivity index (χ0) is 30.9. The molecule has 0 aliphatic rings. The van der Waals surface area contributed by atoms with E-state index in [1.165, 1.54) is 38.5 Å². The molecule has 41 heavy (non-hydrogen) atoms.